The first-order valence-electron chi connectivity index (χ1n) is 20.5. The number of fused-ring (bicyclic) bond motifs is 1. The maximum atomic E-state index is 15.1. The number of hydrogen-bond acceptors (Lipinski definition) is 6. The molecule has 0 aromatic heterocycles. The van der Waals surface area contributed by atoms with Gasteiger partial charge in [0, 0.05) is 30.6 Å². The van der Waals surface area contributed by atoms with Gasteiger partial charge in [-0.2, -0.15) is 0 Å². The van der Waals surface area contributed by atoms with Gasteiger partial charge in [-0.3, -0.25) is 24.1 Å². The van der Waals surface area contributed by atoms with Gasteiger partial charge in [-0.25, -0.2) is 0 Å². The topological polar surface area (TPSA) is 123 Å². The van der Waals surface area contributed by atoms with Gasteiger partial charge in [-0.15, -0.1) is 6.58 Å². The number of nitrogens with one attached hydrogen (secondary N) is 4. The molecule has 290 valence electrons. The summed E-state index contributed by atoms with van der Waals surface area (Å²) in [5.41, 5.74) is -0.549. The number of carbonyl (C=O) groups is 4. The average molecular weight is 721 g/mol. The third-order valence-corrected chi connectivity index (χ3v) is 15.3. The van der Waals surface area contributed by atoms with E-state index < -0.39 is 29.1 Å². The molecular weight excluding hydrogens is 652 g/mol. The summed E-state index contributed by atoms with van der Waals surface area (Å²) in [7, 11) is 1.82. The van der Waals surface area contributed by atoms with Crippen molar-refractivity contribution in [3.63, 3.8) is 0 Å². The van der Waals surface area contributed by atoms with Gasteiger partial charge in [-0.05, 0) is 86.6 Å². The molecule has 2 aliphatic heterocycles. The third kappa shape index (κ3) is 6.20. The number of piperidine rings is 1. The number of likely N-dealkylation sites (N-methyl/N-ethyl adjacent to an activating group) is 2. The molecule has 10 heteroatoms. The lowest BCUT2D eigenvalue weighted by Gasteiger charge is -2.39. The lowest BCUT2D eigenvalue weighted by molar-refractivity contribution is -0.145. The number of amides is 4. The molecule has 2 saturated heterocycles. The Bertz CT molecular complexity index is 1440. The van der Waals surface area contributed by atoms with Gasteiger partial charge in [0.15, 0.2) is 0 Å². The summed E-state index contributed by atoms with van der Waals surface area (Å²) in [4.78, 5) is 62.1. The minimum atomic E-state index is -0.877. The Balaban J connectivity index is 1.27. The zero-order valence-corrected chi connectivity index (χ0v) is 33.3. The summed E-state index contributed by atoms with van der Waals surface area (Å²) in [6.45, 7) is 23.1. The van der Waals surface area contributed by atoms with E-state index in [2.05, 4.69) is 60.1 Å². The van der Waals surface area contributed by atoms with Crippen LogP contribution in [0.1, 0.15) is 125 Å². The monoisotopic (exact) mass is 721 g/mol. The van der Waals surface area contributed by atoms with Crippen molar-refractivity contribution in [1.29, 1.82) is 0 Å². The molecule has 7 atom stereocenters. The first kappa shape index (κ1) is 38.8. The summed E-state index contributed by atoms with van der Waals surface area (Å²) in [6.07, 6.45) is 14.4. The van der Waals surface area contributed by atoms with Crippen molar-refractivity contribution in [1.82, 2.24) is 31.1 Å². The van der Waals surface area contributed by atoms with Crippen LogP contribution in [0.4, 0.5) is 0 Å². The van der Waals surface area contributed by atoms with Crippen molar-refractivity contribution in [3.8, 4) is 0 Å². The summed E-state index contributed by atoms with van der Waals surface area (Å²) >= 11 is 0. The Labute approximate surface area is 313 Å². The molecule has 4 saturated carbocycles. The predicted molar refractivity (Wildman–Crippen MR) is 205 cm³/mol. The molecule has 4 N–H and O–H groups in total. The molecule has 4 amide bonds. The summed E-state index contributed by atoms with van der Waals surface area (Å²) in [5.74, 6) is -0.674. The van der Waals surface area contributed by atoms with Crippen LogP contribution in [0.15, 0.2) is 24.9 Å². The molecule has 0 aromatic rings. The molecule has 2 heterocycles. The molecule has 0 radical (unpaired) electrons. The van der Waals surface area contributed by atoms with Gasteiger partial charge in [0.1, 0.15) is 18.1 Å². The number of carbonyl (C=O) groups excluding carboxylic acids is 4. The molecular formula is C42H68N6O4. The van der Waals surface area contributed by atoms with E-state index in [1.807, 2.05) is 38.8 Å². The van der Waals surface area contributed by atoms with Crippen LogP contribution < -0.4 is 21.3 Å². The zero-order valence-electron chi connectivity index (χ0n) is 33.3. The Morgan fingerprint density at radius 1 is 0.885 bits per heavy atom. The van der Waals surface area contributed by atoms with E-state index in [0.29, 0.717) is 13.0 Å². The predicted octanol–water partition coefficient (Wildman–Crippen LogP) is 5.05. The summed E-state index contributed by atoms with van der Waals surface area (Å²) in [6, 6.07) is -2.50. The van der Waals surface area contributed by atoms with E-state index in [4.69, 9.17) is 0 Å². The average Bonchev–Trinajstić information content (AvgIpc) is 3.83. The standard InChI is InChI=1S/C42H68N6O4/c1-10-29-24-42(29,27(3)43-9)46-35(50)31-25-41(39(7,8)40(41)21-17-22-40)26-48(31)37(52)33(38(4,5)6)45-36(51)32(28-18-13-12-14-19-28)44-34(49)30-20-15-16-23-47(30)11-2/h10,28-33,43H,1,3,11-26H2,2,4-9H3,(H,44,49)(H,45,51)(H,46,50)/t29-,30-,31?,32?,33-,41-,42+/m1/s1. The van der Waals surface area contributed by atoms with E-state index in [1.54, 1.807) is 0 Å². The highest BCUT2D eigenvalue weighted by molar-refractivity contribution is 5.96. The fourth-order valence-electron chi connectivity index (χ4n) is 11.6. The van der Waals surface area contributed by atoms with Crippen molar-refractivity contribution < 1.29 is 19.2 Å². The fourth-order valence-corrected chi connectivity index (χ4v) is 11.6. The quantitative estimate of drug-likeness (QED) is 0.210. The number of hydrogen-bond donors (Lipinski definition) is 4. The summed E-state index contributed by atoms with van der Waals surface area (Å²) in [5, 5.41) is 12.9. The van der Waals surface area contributed by atoms with Crippen LogP contribution >= 0.6 is 0 Å². The first-order valence-corrected chi connectivity index (χ1v) is 20.5. The largest absolute Gasteiger partial charge is 0.390 e. The van der Waals surface area contributed by atoms with E-state index in [0.717, 1.165) is 89.4 Å². The van der Waals surface area contributed by atoms with Crippen LogP contribution in [0.25, 0.3) is 0 Å². The molecule has 10 nitrogen and oxygen atoms in total. The van der Waals surface area contributed by atoms with Gasteiger partial charge in [0.05, 0.1) is 11.6 Å². The van der Waals surface area contributed by atoms with Crippen LogP contribution in [-0.4, -0.2) is 89.8 Å². The minimum Gasteiger partial charge on any atom is -0.390 e. The number of likely N-dealkylation sites (tertiary alicyclic amines) is 2. The van der Waals surface area contributed by atoms with Gasteiger partial charge in [-0.1, -0.05) is 86.3 Å². The Hall–Kier alpha value is -2.88. The highest BCUT2D eigenvalue weighted by Gasteiger charge is 2.85. The molecule has 6 aliphatic rings. The second-order valence-electron chi connectivity index (χ2n) is 18.9. The lowest BCUT2D eigenvalue weighted by atomic mass is 9.73. The van der Waals surface area contributed by atoms with Gasteiger partial charge in [0.2, 0.25) is 23.6 Å². The molecule has 2 unspecified atom stereocenters. The van der Waals surface area contributed by atoms with E-state index >= 15 is 4.79 Å². The molecule has 6 rings (SSSR count). The maximum absolute atomic E-state index is 15.1. The Kier molecular flexibility index (Phi) is 10.5. The highest BCUT2D eigenvalue weighted by atomic mass is 16.2. The van der Waals surface area contributed by atoms with E-state index in [1.165, 1.54) is 6.42 Å². The Morgan fingerprint density at radius 3 is 2.10 bits per heavy atom. The molecule has 2 spiro atoms. The summed E-state index contributed by atoms with van der Waals surface area (Å²) < 4.78 is 0. The SMILES string of the molecule is C=C[C@@H]1C[C@]1(NC(=O)C1C[C@@]2(CN1C(=O)[C@@H](NC(=O)C(NC(=O)[C@H]1CCCCN1CC)C1CCCCC1)C(C)(C)C)C(C)(C)C21CCC1)C(=C)NC. The number of rotatable bonds is 12. The van der Waals surface area contributed by atoms with E-state index in [9.17, 15) is 14.4 Å². The van der Waals surface area contributed by atoms with Crippen LogP contribution in [0.2, 0.25) is 0 Å². The van der Waals surface area contributed by atoms with Gasteiger partial charge in [0.25, 0.3) is 0 Å². The van der Waals surface area contributed by atoms with Crippen LogP contribution in [0.3, 0.4) is 0 Å². The fraction of sp³-hybridized carbons (Fsp3) is 0.810. The van der Waals surface area contributed by atoms with Gasteiger partial charge < -0.3 is 26.2 Å². The lowest BCUT2D eigenvalue weighted by Crippen LogP contribution is -2.63. The molecule has 0 bridgehead atoms. The molecule has 4 aliphatic carbocycles. The zero-order chi connectivity index (χ0) is 37.9. The van der Waals surface area contributed by atoms with Crippen LogP contribution in [-0.2, 0) is 19.2 Å². The number of nitrogens with zero attached hydrogens (tertiary/aromatic N) is 2. The second-order valence-corrected chi connectivity index (χ2v) is 18.9. The molecule has 6 fully saturated rings. The third-order valence-electron chi connectivity index (χ3n) is 15.3. The second kappa shape index (κ2) is 14.1. The maximum Gasteiger partial charge on any atom is 0.246 e. The Morgan fingerprint density at radius 2 is 1.56 bits per heavy atom. The normalized spacial score (nSPS) is 33.4. The van der Waals surface area contributed by atoms with Crippen molar-refractivity contribution in [2.24, 2.45) is 33.5 Å². The highest BCUT2D eigenvalue weighted by Crippen LogP contribution is 2.88. The van der Waals surface area contributed by atoms with Crippen LogP contribution in [0, 0.1) is 33.5 Å². The molecule has 52 heavy (non-hydrogen) atoms. The first-order chi connectivity index (χ1) is 24.5. The van der Waals surface area contributed by atoms with Crippen molar-refractivity contribution in [2.45, 2.75) is 155 Å². The van der Waals surface area contributed by atoms with Crippen molar-refractivity contribution in [2.75, 3.05) is 26.7 Å². The van der Waals surface area contributed by atoms with Crippen molar-refractivity contribution >= 4 is 23.6 Å². The van der Waals surface area contributed by atoms with Crippen LogP contribution in [0.5, 0.6) is 0 Å². The van der Waals surface area contributed by atoms with E-state index in [-0.39, 0.29) is 57.8 Å². The van der Waals surface area contributed by atoms with Crippen molar-refractivity contribution in [3.05, 3.63) is 24.9 Å². The van der Waals surface area contributed by atoms with Gasteiger partial charge >= 0.3 is 0 Å². The molecule has 0 aromatic carbocycles. The smallest absolute Gasteiger partial charge is 0.246 e. The minimum absolute atomic E-state index is 0.00360.